The summed E-state index contributed by atoms with van der Waals surface area (Å²) in [6.07, 6.45) is 4.52. The fraction of sp³-hybridized carbons (Fsp3) is 0.417. The number of carbonyl (C=O) groups is 2. The molecule has 1 N–H and O–H groups in total. The maximum atomic E-state index is 12.7. The van der Waals surface area contributed by atoms with Gasteiger partial charge in [-0.1, -0.05) is 12.8 Å². The molecule has 1 aliphatic heterocycles. The van der Waals surface area contributed by atoms with Crippen LogP contribution in [0.1, 0.15) is 60.2 Å². The number of amides is 2. The molecule has 0 saturated carbocycles. The van der Waals surface area contributed by atoms with Crippen molar-refractivity contribution in [3.63, 3.8) is 0 Å². The van der Waals surface area contributed by atoms with Gasteiger partial charge in [-0.2, -0.15) is 0 Å². The number of carbonyl (C=O) groups excluding carboxylic acids is 2. The molecule has 154 valence electrons. The van der Waals surface area contributed by atoms with Gasteiger partial charge in [0.2, 0.25) is 0 Å². The molecule has 5 heteroatoms. The molecule has 2 aromatic carbocycles. The van der Waals surface area contributed by atoms with E-state index in [1.807, 2.05) is 29.2 Å². The number of nitrogens with one attached hydrogen (secondary N) is 1. The number of likely N-dealkylation sites (tertiary alicyclic amines) is 1. The van der Waals surface area contributed by atoms with Gasteiger partial charge < -0.3 is 15.1 Å². The van der Waals surface area contributed by atoms with E-state index in [0.29, 0.717) is 11.1 Å². The molecule has 1 heterocycles. The molecule has 0 aromatic heterocycles. The van der Waals surface area contributed by atoms with E-state index in [1.165, 1.54) is 12.8 Å². The third-order valence-electron chi connectivity index (χ3n) is 5.54. The first-order chi connectivity index (χ1) is 14.1. The first-order valence-electron chi connectivity index (χ1n) is 10.7. The molecule has 0 aliphatic carbocycles. The van der Waals surface area contributed by atoms with Gasteiger partial charge in [-0.25, -0.2) is 0 Å². The first kappa shape index (κ1) is 20.9. The van der Waals surface area contributed by atoms with Crippen LogP contribution in [0.4, 0.5) is 11.4 Å². The Hall–Kier alpha value is -2.82. The van der Waals surface area contributed by atoms with Crippen molar-refractivity contribution in [3.05, 3.63) is 59.7 Å². The highest BCUT2D eigenvalue weighted by Gasteiger charge is 2.17. The number of hydrogen-bond acceptors (Lipinski definition) is 3. The summed E-state index contributed by atoms with van der Waals surface area (Å²) in [5, 5.41) is 2.93. The van der Waals surface area contributed by atoms with Gasteiger partial charge in [-0.05, 0) is 75.2 Å². The molecule has 0 bridgehead atoms. The Labute approximate surface area is 173 Å². The standard InChI is InChI=1S/C24H31N3O2/c1-3-26(4-2)22-15-13-21(14-16-22)25-23(28)19-9-11-20(12-10-19)24(29)27-17-7-5-6-8-18-27/h9-16H,3-8,17-18H2,1-2H3,(H,25,28). The van der Waals surface area contributed by atoms with Crippen LogP contribution in [-0.2, 0) is 0 Å². The Bertz CT molecular complexity index is 803. The molecular weight excluding hydrogens is 362 g/mol. The molecule has 29 heavy (non-hydrogen) atoms. The van der Waals surface area contributed by atoms with E-state index in [9.17, 15) is 9.59 Å². The quantitative estimate of drug-likeness (QED) is 0.767. The van der Waals surface area contributed by atoms with Crippen molar-refractivity contribution in [1.82, 2.24) is 4.90 Å². The van der Waals surface area contributed by atoms with E-state index in [-0.39, 0.29) is 11.8 Å². The normalized spacial score (nSPS) is 14.2. The zero-order chi connectivity index (χ0) is 20.6. The minimum absolute atomic E-state index is 0.0610. The highest BCUT2D eigenvalue weighted by Crippen LogP contribution is 2.19. The zero-order valence-electron chi connectivity index (χ0n) is 17.5. The van der Waals surface area contributed by atoms with E-state index < -0.39 is 0 Å². The summed E-state index contributed by atoms with van der Waals surface area (Å²) in [7, 11) is 0. The van der Waals surface area contributed by atoms with Crippen molar-refractivity contribution < 1.29 is 9.59 Å². The Balaban J connectivity index is 1.62. The summed E-state index contributed by atoms with van der Waals surface area (Å²) in [4.78, 5) is 29.4. The van der Waals surface area contributed by atoms with E-state index in [4.69, 9.17) is 0 Å². The lowest BCUT2D eigenvalue weighted by Gasteiger charge is -2.21. The first-order valence-corrected chi connectivity index (χ1v) is 10.7. The van der Waals surface area contributed by atoms with Crippen molar-refractivity contribution in [2.24, 2.45) is 0 Å². The molecule has 5 nitrogen and oxygen atoms in total. The third-order valence-corrected chi connectivity index (χ3v) is 5.54. The number of benzene rings is 2. The number of rotatable bonds is 6. The minimum atomic E-state index is -0.172. The molecular formula is C24H31N3O2. The summed E-state index contributed by atoms with van der Waals surface area (Å²) in [5.41, 5.74) is 3.09. The molecule has 0 radical (unpaired) electrons. The van der Waals surface area contributed by atoms with Gasteiger partial charge in [0.15, 0.2) is 0 Å². The predicted molar refractivity (Wildman–Crippen MR) is 119 cm³/mol. The van der Waals surface area contributed by atoms with Gasteiger partial charge in [0.05, 0.1) is 0 Å². The van der Waals surface area contributed by atoms with Gasteiger partial charge in [0, 0.05) is 48.7 Å². The average molecular weight is 394 g/mol. The lowest BCUT2D eigenvalue weighted by atomic mass is 10.1. The van der Waals surface area contributed by atoms with Crippen LogP contribution in [0.15, 0.2) is 48.5 Å². The van der Waals surface area contributed by atoms with E-state index in [0.717, 1.165) is 50.4 Å². The molecule has 2 amide bonds. The number of hydrogen-bond donors (Lipinski definition) is 1. The van der Waals surface area contributed by atoms with Crippen LogP contribution in [0.25, 0.3) is 0 Å². The molecule has 1 fully saturated rings. The van der Waals surface area contributed by atoms with Gasteiger partial charge >= 0.3 is 0 Å². The molecule has 3 rings (SSSR count). The summed E-state index contributed by atoms with van der Waals surface area (Å²) >= 11 is 0. The van der Waals surface area contributed by atoms with Crippen LogP contribution in [0.5, 0.6) is 0 Å². The Morgan fingerprint density at radius 1 is 0.828 bits per heavy atom. The largest absolute Gasteiger partial charge is 0.372 e. The summed E-state index contributed by atoms with van der Waals surface area (Å²) in [5.74, 6) is -0.111. The number of anilines is 2. The van der Waals surface area contributed by atoms with E-state index in [1.54, 1.807) is 24.3 Å². The molecule has 0 spiro atoms. The maximum Gasteiger partial charge on any atom is 0.255 e. The second kappa shape index (κ2) is 10.1. The second-order valence-corrected chi connectivity index (χ2v) is 7.46. The SMILES string of the molecule is CCN(CC)c1ccc(NC(=O)c2ccc(C(=O)N3CCCCCC3)cc2)cc1. The summed E-state index contributed by atoms with van der Waals surface area (Å²) < 4.78 is 0. The molecule has 1 saturated heterocycles. The lowest BCUT2D eigenvalue weighted by Crippen LogP contribution is -2.31. The zero-order valence-corrected chi connectivity index (χ0v) is 17.5. The fourth-order valence-electron chi connectivity index (χ4n) is 3.77. The van der Waals surface area contributed by atoms with Crippen LogP contribution in [0, 0.1) is 0 Å². The van der Waals surface area contributed by atoms with Gasteiger partial charge in [0.25, 0.3) is 11.8 Å². The fourth-order valence-corrected chi connectivity index (χ4v) is 3.77. The Kier molecular flexibility index (Phi) is 7.28. The molecule has 2 aromatic rings. The molecule has 0 unspecified atom stereocenters. The Morgan fingerprint density at radius 2 is 1.38 bits per heavy atom. The third kappa shape index (κ3) is 5.37. The van der Waals surface area contributed by atoms with Crippen molar-refractivity contribution in [3.8, 4) is 0 Å². The van der Waals surface area contributed by atoms with Gasteiger partial charge in [-0.3, -0.25) is 9.59 Å². The summed E-state index contributed by atoms with van der Waals surface area (Å²) in [6.45, 7) is 7.80. The van der Waals surface area contributed by atoms with Crippen molar-refractivity contribution in [2.75, 3.05) is 36.4 Å². The lowest BCUT2D eigenvalue weighted by molar-refractivity contribution is 0.0761. The van der Waals surface area contributed by atoms with Gasteiger partial charge in [0.1, 0.15) is 0 Å². The minimum Gasteiger partial charge on any atom is -0.372 e. The van der Waals surface area contributed by atoms with Crippen molar-refractivity contribution >= 4 is 23.2 Å². The van der Waals surface area contributed by atoms with Crippen LogP contribution < -0.4 is 10.2 Å². The Morgan fingerprint density at radius 3 is 1.93 bits per heavy atom. The molecule has 0 atom stereocenters. The van der Waals surface area contributed by atoms with Crippen LogP contribution >= 0.6 is 0 Å². The topological polar surface area (TPSA) is 52.7 Å². The predicted octanol–water partition coefficient (Wildman–Crippen LogP) is 4.80. The van der Waals surface area contributed by atoms with Gasteiger partial charge in [-0.15, -0.1) is 0 Å². The highest BCUT2D eigenvalue weighted by atomic mass is 16.2. The summed E-state index contributed by atoms with van der Waals surface area (Å²) in [6, 6.07) is 14.8. The van der Waals surface area contributed by atoms with Crippen LogP contribution in [-0.4, -0.2) is 42.9 Å². The van der Waals surface area contributed by atoms with E-state index in [2.05, 4.69) is 24.1 Å². The maximum absolute atomic E-state index is 12.7. The smallest absolute Gasteiger partial charge is 0.255 e. The van der Waals surface area contributed by atoms with Crippen LogP contribution in [0.3, 0.4) is 0 Å². The second-order valence-electron chi connectivity index (χ2n) is 7.46. The number of nitrogens with zero attached hydrogens (tertiary/aromatic N) is 2. The highest BCUT2D eigenvalue weighted by molar-refractivity contribution is 6.05. The molecule has 1 aliphatic rings. The van der Waals surface area contributed by atoms with Crippen LogP contribution in [0.2, 0.25) is 0 Å². The average Bonchev–Trinajstić information content (AvgIpc) is 3.05. The monoisotopic (exact) mass is 393 g/mol. The van der Waals surface area contributed by atoms with E-state index >= 15 is 0 Å². The van der Waals surface area contributed by atoms with Crippen molar-refractivity contribution in [1.29, 1.82) is 0 Å². The van der Waals surface area contributed by atoms with Crippen molar-refractivity contribution in [2.45, 2.75) is 39.5 Å².